The molecule has 2 fully saturated rings. The second-order valence-electron chi connectivity index (χ2n) is 7.01. The predicted octanol–water partition coefficient (Wildman–Crippen LogP) is 3.60. The molecule has 1 aliphatic heterocycles. The number of carbonyl (C=O) groups is 2. The fraction of sp³-hybridized carbons (Fsp3) is 0.500. The van der Waals surface area contributed by atoms with E-state index in [4.69, 9.17) is 10.1 Å². The number of aromatic nitrogens is 1. The van der Waals surface area contributed by atoms with Crippen LogP contribution in [0.15, 0.2) is 24.3 Å². The zero-order chi connectivity index (χ0) is 16.7. The molecular formula is C18H20N2O3S. The van der Waals surface area contributed by atoms with Crippen molar-refractivity contribution in [2.45, 2.75) is 44.6 Å². The highest BCUT2D eigenvalue weighted by Gasteiger charge is 2.47. The molecule has 1 atom stereocenters. The van der Waals surface area contributed by atoms with Gasteiger partial charge in [0.15, 0.2) is 0 Å². The molecule has 24 heavy (non-hydrogen) atoms. The maximum absolute atomic E-state index is 12.8. The van der Waals surface area contributed by atoms with Crippen LogP contribution in [-0.2, 0) is 9.59 Å². The number of benzene rings is 1. The normalized spacial score (nSPS) is 22.0. The van der Waals surface area contributed by atoms with Gasteiger partial charge in [-0.25, -0.2) is 4.98 Å². The summed E-state index contributed by atoms with van der Waals surface area (Å²) in [6.07, 6.45) is 4.10. The summed E-state index contributed by atoms with van der Waals surface area (Å²) < 4.78 is 1.15. The molecule has 0 bridgehead atoms. The van der Waals surface area contributed by atoms with Gasteiger partial charge in [0.2, 0.25) is 5.91 Å². The minimum Gasteiger partial charge on any atom is -0.481 e. The number of hydrogen-bond acceptors (Lipinski definition) is 4. The van der Waals surface area contributed by atoms with Gasteiger partial charge >= 0.3 is 5.97 Å². The number of aliphatic carboxylic acids is 1. The Morgan fingerprint density at radius 3 is 2.79 bits per heavy atom. The second kappa shape index (κ2) is 5.84. The van der Waals surface area contributed by atoms with E-state index in [0.29, 0.717) is 6.42 Å². The van der Waals surface area contributed by atoms with E-state index < -0.39 is 5.97 Å². The van der Waals surface area contributed by atoms with E-state index in [1.807, 2.05) is 23.1 Å². The number of likely N-dealkylation sites (tertiary alicyclic amines) is 1. The molecular weight excluding hydrogens is 324 g/mol. The second-order valence-corrected chi connectivity index (χ2v) is 8.07. The number of carbonyl (C=O) groups excluding carboxylic acids is 1. The van der Waals surface area contributed by atoms with Gasteiger partial charge in [0.25, 0.3) is 0 Å². The van der Waals surface area contributed by atoms with Gasteiger partial charge in [0.1, 0.15) is 5.01 Å². The van der Waals surface area contributed by atoms with Crippen LogP contribution in [0.5, 0.6) is 0 Å². The predicted molar refractivity (Wildman–Crippen MR) is 91.8 cm³/mol. The average Bonchev–Trinajstić information content (AvgIpc) is 3.01. The molecule has 1 aliphatic carbocycles. The van der Waals surface area contributed by atoms with Gasteiger partial charge in [-0.15, -0.1) is 11.3 Å². The number of hydrogen-bond donors (Lipinski definition) is 1. The first-order valence-electron chi connectivity index (χ1n) is 8.43. The molecule has 1 amide bonds. The van der Waals surface area contributed by atoms with Crippen LogP contribution in [0.4, 0.5) is 0 Å². The van der Waals surface area contributed by atoms with Gasteiger partial charge in [-0.3, -0.25) is 9.59 Å². The Hall–Kier alpha value is -1.95. The molecule has 1 saturated heterocycles. The summed E-state index contributed by atoms with van der Waals surface area (Å²) in [6, 6.07) is 8.10. The van der Waals surface area contributed by atoms with Crippen LogP contribution in [0.3, 0.4) is 0 Å². The molecule has 4 rings (SSSR count). The van der Waals surface area contributed by atoms with Crippen molar-refractivity contribution in [1.29, 1.82) is 0 Å². The summed E-state index contributed by atoms with van der Waals surface area (Å²) in [5, 5.41) is 10.0. The van der Waals surface area contributed by atoms with Crippen molar-refractivity contribution >= 4 is 33.4 Å². The van der Waals surface area contributed by atoms with Crippen molar-refractivity contribution in [3.05, 3.63) is 29.3 Å². The fourth-order valence-corrected chi connectivity index (χ4v) is 4.81. The molecule has 6 heteroatoms. The molecule has 1 unspecified atom stereocenters. The van der Waals surface area contributed by atoms with Crippen molar-refractivity contribution in [2.75, 3.05) is 6.54 Å². The Balaban J connectivity index is 1.52. The van der Waals surface area contributed by atoms with Crippen LogP contribution in [0.2, 0.25) is 0 Å². The fourth-order valence-electron chi connectivity index (χ4n) is 3.69. The zero-order valence-corrected chi connectivity index (χ0v) is 14.2. The van der Waals surface area contributed by atoms with Crippen molar-refractivity contribution in [3.8, 4) is 0 Å². The van der Waals surface area contributed by atoms with Crippen LogP contribution < -0.4 is 0 Å². The first-order valence-corrected chi connectivity index (χ1v) is 9.25. The molecule has 2 aliphatic rings. The third kappa shape index (κ3) is 2.90. The van der Waals surface area contributed by atoms with E-state index in [1.54, 1.807) is 11.3 Å². The number of carboxylic acids is 1. The monoisotopic (exact) mass is 344 g/mol. The Morgan fingerprint density at radius 2 is 2.08 bits per heavy atom. The SMILES string of the molecule is O=C(O)CC1(CC(=O)N2CCCC2c2nc3ccccc3s2)CC1. The standard InChI is InChI=1S/C18H20N2O3S/c21-15(10-18(7-8-18)11-16(22)23)20-9-3-5-13(20)17-19-12-4-1-2-6-14(12)24-17/h1-2,4,6,13H,3,5,7-11H2,(H,22,23). The van der Waals surface area contributed by atoms with Crippen LogP contribution >= 0.6 is 11.3 Å². The van der Waals surface area contributed by atoms with Crippen LogP contribution in [0, 0.1) is 5.41 Å². The molecule has 5 nitrogen and oxygen atoms in total. The maximum atomic E-state index is 12.8. The summed E-state index contributed by atoms with van der Waals surface area (Å²) in [5.41, 5.74) is 0.699. The lowest BCUT2D eigenvalue weighted by Crippen LogP contribution is -2.32. The lowest BCUT2D eigenvalue weighted by molar-refractivity contribution is -0.139. The summed E-state index contributed by atoms with van der Waals surface area (Å²) in [5.74, 6) is -0.708. The summed E-state index contributed by atoms with van der Waals surface area (Å²) >= 11 is 1.66. The van der Waals surface area contributed by atoms with Crippen molar-refractivity contribution in [3.63, 3.8) is 0 Å². The Bertz CT molecular complexity index is 763. The van der Waals surface area contributed by atoms with Crippen LogP contribution in [0.1, 0.15) is 49.6 Å². The molecule has 1 aromatic carbocycles. The molecule has 1 aromatic heterocycles. The van der Waals surface area contributed by atoms with Gasteiger partial charge in [-0.1, -0.05) is 12.1 Å². The highest BCUT2D eigenvalue weighted by atomic mass is 32.1. The van der Waals surface area contributed by atoms with Gasteiger partial charge in [-0.2, -0.15) is 0 Å². The highest BCUT2D eigenvalue weighted by molar-refractivity contribution is 7.18. The smallest absolute Gasteiger partial charge is 0.303 e. The van der Waals surface area contributed by atoms with E-state index >= 15 is 0 Å². The molecule has 0 spiro atoms. The topological polar surface area (TPSA) is 70.5 Å². The largest absolute Gasteiger partial charge is 0.481 e. The molecule has 1 N–H and O–H groups in total. The lowest BCUT2D eigenvalue weighted by Gasteiger charge is -2.25. The lowest BCUT2D eigenvalue weighted by atomic mass is 9.97. The minimum atomic E-state index is -0.801. The number of nitrogens with zero attached hydrogens (tertiary/aromatic N) is 2. The number of amides is 1. The van der Waals surface area contributed by atoms with Gasteiger partial charge in [0, 0.05) is 13.0 Å². The third-order valence-electron chi connectivity index (χ3n) is 5.18. The first-order chi connectivity index (χ1) is 11.6. The Morgan fingerprint density at radius 1 is 1.29 bits per heavy atom. The van der Waals surface area contributed by atoms with Crippen molar-refractivity contribution < 1.29 is 14.7 Å². The van der Waals surface area contributed by atoms with Gasteiger partial charge in [0.05, 0.1) is 22.7 Å². The number of rotatable bonds is 5. The first kappa shape index (κ1) is 15.6. The van der Waals surface area contributed by atoms with E-state index in [9.17, 15) is 9.59 Å². The number of carboxylic acid groups (broad SMARTS) is 1. The van der Waals surface area contributed by atoms with Crippen LogP contribution in [0.25, 0.3) is 10.2 Å². The third-order valence-corrected chi connectivity index (χ3v) is 6.32. The van der Waals surface area contributed by atoms with E-state index in [-0.39, 0.29) is 23.8 Å². The van der Waals surface area contributed by atoms with E-state index in [1.165, 1.54) is 0 Å². The summed E-state index contributed by atoms with van der Waals surface area (Å²) in [7, 11) is 0. The molecule has 1 saturated carbocycles. The molecule has 0 radical (unpaired) electrons. The molecule has 2 heterocycles. The average molecular weight is 344 g/mol. The summed E-state index contributed by atoms with van der Waals surface area (Å²) in [6.45, 7) is 0.753. The highest BCUT2D eigenvalue weighted by Crippen LogP contribution is 2.52. The maximum Gasteiger partial charge on any atom is 0.303 e. The Labute approximate surface area is 144 Å². The molecule has 2 aromatic rings. The van der Waals surface area contributed by atoms with Crippen molar-refractivity contribution in [2.24, 2.45) is 5.41 Å². The van der Waals surface area contributed by atoms with E-state index in [2.05, 4.69) is 6.07 Å². The Kier molecular flexibility index (Phi) is 3.79. The minimum absolute atomic E-state index is 0.0514. The van der Waals surface area contributed by atoms with Crippen LogP contribution in [-0.4, -0.2) is 33.4 Å². The van der Waals surface area contributed by atoms with Gasteiger partial charge < -0.3 is 10.0 Å². The molecule has 126 valence electrons. The summed E-state index contributed by atoms with van der Waals surface area (Å²) in [4.78, 5) is 30.4. The van der Waals surface area contributed by atoms with Gasteiger partial charge in [-0.05, 0) is 43.2 Å². The quantitative estimate of drug-likeness (QED) is 0.899. The number of thiazole rings is 1. The van der Waals surface area contributed by atoms with E-state index in [0.717, 1.165) is 47.5 Å². The van der Waals surface area contributed by atoms with Crippen molar-refractivity contribution in [1.82, 2.24) is 9.88 Å². The zero-order valence-electron chi connectivity index (χ0n) is 13.4. The number of fused-ring (bicyclic) bond motifs is 1. The number of para-hydroxylation sites is 1.